The van der Waals surface area contributed by atoms with Crippen molar-refractivity contribution in [2.24, 2.45) is 15.9 Å². The maximum Gasteiger partial charge on any atom is 0.273 e. The molecule has 1 unspecified atom stereocenters. The summed E-state index contributed by atoms with van der Waals surface area (Å²) in [5.41, 5.74) is 2.43. The molecule has 2 aliphatic rings. The van der Waals surface area contributed by atoms with Crippen molar-refractivity contribution in [3.8, 4) is 5.75 Å². The van der Waals surface area contributed by atoms with Crippen LogP contribution in [0.1, 0.15) is 32.4 Å². The number of amides is 1. The third-order valence-corrected chi connectivity index (χ3v) is 4.92. The normalized spacial score (nSPS) is 19.6. The van der Waals surface area contributed by atoms with Gasteiger partial charge in [0.1, 0.15) is 5.75 Å². The summed E-state index contributed by atoms with van der Waals surface area (Å²) < 4.78 is 5.27. The van der Waals surface area contributed by atoms with Crippen LogP contribution >= 0.6 is 0 Å². The summed E-state index contributed by atoms with van der Waals surface area (Å²) in [6.07, 6.45) is 5.88. The van der Waals surface area contributed by atoms with Crippen LogP contribution in [0.15, 0.2) is 51.6 Å². The first-order valence-corrected chi connectivity index (χ1v) is 8.97. The van der Waals surface area contributed by atoms with E-state index in [9.17, 15) is 4.79 Å². The SMILES string of the molecule is C=N/C(C(=O)NC(C)C1CC1)=C1/N=C(c2cc(OC)ccn2)C=C(C)N1C. The maximum absolute atomic E-state index is 12.8. The van der Waals surface area contributed by atoms with Crippen molar-refractivity contribution in [2.75, 3.05) is 14.2 Å². The second kappa shape index (κ2) is 7.73. The molecule has 1 aromatic heterocycles. The van der Waals surface area contributed by atoms with E-state index >= 15 is 0 Å². The highest BCUT2D eigenvalue weighted by atomic mass is 16.5. The van der Waals surface area contributed by atoms with Crippen LogP contribution in [0.3, 0.4) is 0 Å². The van der Waals surface area contributed by atoms with E-state index in [1.54, 1.807) is 19.4 Å². The van der Waals surface area contributed by atoms with Crippen LogP contribution in [0.2, 0.25) is 0 Å². The molecule has 1 aliphatic carbocycles. The number of hydrogen-bond acceptors (Lipinski definition) is 6. The maximum atomic E-state index is 12.8. The van der Waals surface area contributed by atoms with Crippen LogP contribution in [-0.4, -0.2) is 48.4 Å². The minimum atomic E-state index is -0.261. The summed E-state index contributed by atoms with van der Waals surface area (Å²) in [5.74, 6) is 1.43. The molecule has 1 aromatic rings. The highest BCUT2D eigenvalue weighted by Gasteiger charge is 2.31. The molecule has 1 amide bonds. The van der Waals surface area contributed by atoms with Gasteiger partial charge in [0.25, 0.3) is 5.91 Å². The predicted molar refractivity (Wildman–Crippen MR) is 106 cm³/mol. The van der Waals surface area contributed by atoms with Gasteiger partial charge in [-0.1, -0.05) is 0 Å². The van der Waals surface area contributed by atoms with Gasteiger partial charge in [0.05, 0.1) is 18.5 Å². The third kappa shape index (κ3) is 4.07. The van der Waals surface area contributed by atoms with E-state index in [1.807, 2.05) is 37.9 Å². The molecule has 142 valence electrons. The van der Waals surface area contributed by atoms with Crippen LogP contribution in [-0.2, 0) is 4.79 Å². The number of aromatic nitrogens is 1. The van der Waals surface area contributed by atoms with Gasteiger partial charge in [-0.2, -0.15) is 0 Å². The molecule has 1 atom stereocenters. The first-order chi connectivity index (χ1) is 12.9. The second-order valence-corrected chi connectivity index (χ2v) is 6.85. The van der Waals surface area contributed by atoms with Gasteiger partial charge in [0, 0.05) is 31.0 Å². The Morgan fingerprint density at radius 1 is 1.48 bits per heavy atom. The van der Waals surface area contributed by atoms with E-state index < -0.39 is 0 Å². The lowest BCUT2D eigenvalue weighted by Gasteiger charge is -2.26. The van der Waals surface area contributed by atoms with Gasteiger partial charge < -0.3 is 15.0 Å². The average molecular weight is 367 g/mol. The number of allylic oxidation sites excluding steroid dienone is 2. The van der Waals surface area contributed by atoms with Crippen molar-refractivity contribution < 1.29 is 9.53 Å². The predicted octanol–water partition coefficient (Wildman–Crippen LogP) is 2.51. The fraction of sp³-hybridized carbons (Fsp3) is 0.400. The zero-order valence-corrected chi connectivity index (χ0v) is 16.2. The van der Waals surface area contributed by atoms with Gasteiger partial charge >= 0.3 is 0 Å². The second-order valence-electron chi connectivity index (χ2n) is 6.85. The zero-order valence-electron chi connectivity index (χ0n) is 16.2. The molecule has 0 radical (unpaired) electrons. The van der Waals surface area contributed by atoms with E-state index in [4.69, 9.17) is 4.74 Å². The Labute approximate surface area is 159 Å². The van der Waals surface area contributed by atoms with Crippen molar-refractivity contribution in [2.45, 2.75) is 32.7 Å². The molecule has 0 saturated heterocycles. The quantitative estimate of drug-likeness (QED) is 0.619. The smallest absolute Gasteiger partial charge is 0.273 e. The lowest BCUT2D eigenvalue weighted by molar-refractivity contribution is -0.118. The van der Waals surface area contributed by atoms with E-state index in [1.165, 1.54) is 0 Å². The summed E-state index contributed by atoms with van der Waals surface area (Å²) in [6, 6.07) is 3.70. The Morgan fingerprint density at radius 3 is 2.85 bits per heavy atom. The van der Waals surface area contributed by atoms with Crippen LogP contribution in [0.25, 0.3) is 0 Å². The van der Waals surface area contributed by atoms with Crippen molar-refractivity contribution in [1.82, 2.24) is 15.2 Å². The molecule has 1 N–H and O–H groups in total. The molecule has 1 aliphatic heterocycles. The standard InChI is InChI=1S/C20H25N5O2/c1-12-10-17(16-11-15(27-5)8-9-22-16)24-19(25(12)4)18(21-3)20(26)23-13(2)14-6-7-14/h8-11,13-14H,3,6-7H2,1-2,4-5H3,(H,23,26)/b19-18-. The Hall–Kier alpha value is -2.96. The molecule has 7 nitrogen and oxygen atoms in total. The number of rotatable bonds is 6. The molecule has 0 spiro atoms. The van der Waals surface area contributed by atoms with Crippen LogP contribution < -0.4 is 10.1 Å². The van der Waals surface area contributed by atoms with Crippen molar-refractivity contribution in [3.63, 3.8) is 0 Å². The fourth-order valence-corrected chi connectivity index (χ4v) is 2.94. The van der Waals surface area contributed by atoms with Crippen molar-refractivity contribution in [1.29, 1.82) is 0 Å². The third-order valence-electron chi connectivity index (χ3n) is 4.92. The first-order valence-electron chi connectivity index (χ1n) is 8.97. The number of methoxy groups -OCH3 is 1. The average Bonchev–Trinajstić information content (AvgIpc) is 3.51. The van der Waals surface area contributed by atoms with Gasteiger partial charge in [-0.15, -0.1) is 0 Å². The number of carbonyl (C=O) groups excluding carboxylic acids is 1. The molecule has 2 heterocycles. The van der Waals surface area contributed by atoms with E-state index in [-0.39, 0.29) is 17.6 Å². The summed E-state index contributed by atoms with van der Waals surface area (Å²) in [4.78, 5) is 27.6. The summed E-state index contributed by atoms with van der Waals surface area (Å²) in [7, 11) is 3.45. The van der Waals surface area contributed by atoms with Crippen LogP contribution in [0.4, 0.5) is 0 Å². The Balaban J connectivity index is 1.98. The molecule has 7 heteroatoms. The largest absolute Gasteiger partial charge is 0.497 e. The number of carbonyl (C=O) groups is 1. The number of nitrogens with one attached hydrogen (secondary N) is 1. The summed E-state index contributed by atoms with van der Waals surface area (Å²) >= 11 is 0. The Kier molecular flexibility index (Phi) is 5.39. The topological polar surface area (TPSA) is 79.2 Å². The van der Waals surface area contributed by atoms with E-state index in [2.05, 4.69) is 27.0 Å². The number of ether oxygens (including phenoxy) is 1. The van der Waals surface area contributed by atoms with Gasteiger partial charge in [-0.25, -0.2) is 4.99 Å². The van der Waals surface area contributed by atoms with Crippen molar-refractivity contribution in [3.05, 3.63) is 47.3 Å². The Bertz CT molecular complexity index is 852. The van der Waals surface area contributed by atoms with Gasteiger partial charge in [-0.05, 0) is 51.5 Å². The van der Waals surface area contributed by atoms with E-state index in [0.717, 1.165) is 18.5 Å². The molecule has 3 rings (SSSR count). The minimum absolute atomic E-state index is 0.115. The van der Waals surface area contributed by atoms with Crippen LogP contribution in [0.5, 0.6) is 5.75 Å². The first kappa shape index (κ1) is 18.8. The fourth-order valence-electron chi connectivity index (χ4n) is 2.94. The summed E-state index contributed by atoms with van der Waals surface area (Å²) in [6.45, 7) is 7.55. The number of pyridine rings is 1. The lowest BCUT2D eigenvalue weighted by atomic mass is 10.1. The summed E-state index contributed by atoms with van der Waals surface area (Å²) in [5, 5.41) is 3.02. The van der Waals surface area contributed by atoms with Gasteiger partial charge in [0.2, 0.25) is 0 Å². The number of aliphatic imine (C=N–C) groups is 2. The highest BCUT2D eigenvalue weighted by Crippen LogP contribution is 2.32. The molecular weight excluding hydrogens is 342 g/mol. The van der Waals surface area contributed by atoms with Gasteiger partial charge in [-0.3, -0.25) is 14.8 Å². The molecule has 1 fully saturated rings. The molecule has 0 aromatic carbocycles. The van der Waals surface area contributed by atoms with Gasteiger partial charge in [0.15, 0.2) is 11.5 Å². The molecule has 1 saturated carbocycles. The number of nitrogens with zero attached hydrogens (tertiary/aromatic N) is 4. The highest BCUT2D eigenvalue weighted by molar-refractivity contribution is 6.09. The molecular formula is C20H25N5O2. The number of hydrogen-bond donors (Lipinski definition) is 1. The van der Waals surface area contributed by atoms with Crippen LogP contribution in [0, 0.1) is 5.92 Å². The molecule has 27 heavy (non-hydrogen) atoms. The lowest BCUT2D eigenvalue weighted by Crippen LogP contribution is -2.36. The molecule has 0 bridgehead atoms. The van der Waals surface area contributed by atoms with Crippen molar-refractivity contribution >= 4 is 18.3 Å². The van der Waals surface area contributed by atoms with E-state index in [0.29, 0.717) is 28.9 Å². The minimum Gasteiger partial charge on any atom is -0.497 e. The zero-order chi connectivity index (χ0) is 19.6. The monoisotopic (exact) mass is 367 g/mol. The Morgan fingerprint density at radius 2 is 2.22 bits per heavy atom.